The molecule has 0 aromatic heterocycles. The van der Waals surface area contributed by atoms with E-state index in [1.54, 1.807) is 19.2 Å². The minimum absolute atomic E-state index is 0.00297. The molecule has 0 radical (unpaired) electrons. The van der Waals surface area contributed by atoms with Gasteiger partial charge in [-0.1, -0.05) is 6.07 Å². The number of benzene rings is 1. The van der Waals surface area contributed by atoms with E-state index in [9.17, 15) is 4.39 Å². The monoisotopic (exact) mass is 213 g/mol. The van der Waals surface area contributed by atoms with Gasteiger partial charge in [-0.05, 0) is 25.6 Å². The Morgan fingerprint density at radius 2 is 2.27 bits per heavy atom. The maximum atomic E-state index is 13.6. The Morgan fingerprint density at radius 3 is 2.80 bits per heavy atom. The average molecular weight is 213 g/mol. The average Bonchev–Trinajstić information content (AvgIpc) is 2.26. The van der Waals surface area contributed by atoms with Gasteiger partial charge in [-0.2, -0.15) is 0 Å². The van der Waals surface area contributed by atoms with Crippen LogP contribution in [-0.2, 0) is 0 Å². The number of rotatable bonds is 5. The summed E-state index contributed by atoms with van der Waals surface area (Å²) in [6.07, 6.45) is 0.452. The minimum atomic E-state index is -0.317. The maximum absolute atomic E-state index is 13.6. The Morgan fingerprint density at radius 1 is 1.53 bits per heavy atom. The second-order valence-corrected chi connectivity index (χ2v) is 3.21. The summed E-state index contributed by atoms with van der Waals surface area (Å²) >= 11 is 0. The fourth-order valence-electron chi connectivity index (χ4n) is 1.60. The van der Waals surface area contributed by atoms with Crippen LogP contribution in [0.1, 0.15) is 18.0 Å². The second kappa shape index (κ2) is 5.68. The number of nitrogens with one attached hydrogen (secondary N) is 1. The van der Waals surface area contributed by atoms with Gasteiger partial charge in [0.2, 0.25) is 0 Å². The first-order valence-electron chi connectivity index (χ1n) is 4.85. The molecule has 0 fully saturated rings. The number of hydrogen-bond acceptors (Lipinski definition) is 3. The van der Waals surface area contributed by atoms with Crippen LogP contribution >= 0.6 is 0 Å². The van der Waals surface area contributed by atoms with Crippen LogP contribution in [0.4, 0.5) is 4.39 Å². The van der Waals surface area contributed by atoms with Gasteiger partial charge in [-0.25, -0.2) is 4.39 Å². The molecule has 15 heavy (non-hydrogen) atoms. The van der Waals surface area contributed by atoms with Crippen molar-refractivity contribution in [2.75, 3.05) is 20.8 Å². The van der Waals surface area contributed by atoms with Crippen molar-refractivity contribution < 1.29 is 14.2 Å². The van der Waals surface area contributed by atoms with Crippen LogP contribution in [-0.4, -0.2) is 25.9 Å². The van der Waals surface area contributed by atoms with Crippen LogP contribution in [0.2, 0.25) is 0 Å². The molecular weight excluding hydrogens is 197 g/mol. The lowest BCUT2D eigenvalue weighted by atomic mass is 10.0. The zero-order valence-corrected chi connectivity index (χ0v) is 8.96. The van der Waals surface area contributed by atoms with E-state index in [-0.39, 0.29) is 18.5 Å². The number of ether oxygens (including phenoxy) is 1. The van der Waals surface area contributed by atoms with Crippen LogP contribution < -0.4 is 10.1 Å². The molecule has 84 valence electrons. The van der Waals surface area contributed by atoms with Gasteiger partial charge in [0.25, 0.3) is 0 Å². The topological polar surface area (TPSA) is 41.5 Å². The Bertz CT molecular complexity index is 317. The SMILES string of the molecule is CNC(CCO)c1c(F)cccc1OC. The van der Waals surface area contributed by atoms with Gasteiger partial charge in [-0.3, -0.25) is 0 Å². The number of halogens is 1. The molecule has 0 heterocycles. The standard InChI is InChI=1S/C11H16FNO2/c1-13-9(6-7-14)11-8(12)4-3-5-10(11)15-2/h3-5,9,13-14H,6-7H2,1-2H3. The predicted octanol–water partition coefficient (Wildman–Crippen LogP) is 1.48. The summed E-state index contributed by atoms with van der Waals surface area (Å²) in [4.78, 5) is 0. The first-order chi connectivity index (χ1) is 7.24. The number of hydrogen-bond donors (Lipinski definition) is 2. The molecule has 0 aliphatic rings. The number of aliphatic hydroxyl groups excluding tert-OH is 1. The smallest absolute Gasteiger partial charge is 0.131 e. The summed E-state index contributed by atoms with van der Waals surface area (Å²) in [5.41, 5.74) is 0.469. The van der Waals surface area contributed by atoms with Crippen LogP contribution in [0, 0.1) is 5.82 Å². The highest BCUT2D eigenvalue weighted by Crippen LogP contribution is 2.29. The molecule has 0 amide bonds. The molecule has 4 heteroatoms. The third-order valence-corrected chi connectivity index (χ3v) is 2.35. The molecule has 0 spiro atoms. The van der Waals surface area contributed by atoms with Gasteiger partial charge in [0, 0.05) is 18.2 Å². The van der Waals surface area contributed by atoms with Crippen LogP contribution in [0.5, 0.6) is 5.75 Å². The summed E-state index contributed by atoms with van der Waals surface area (Å²) in [5.74, 6) is 0.185. The van der Waals surface area contributed by atoms with E-state index in [1.165, 1.54) is 13.2 Å². The largest absolute Gasteiger partial charge is 0.496 e. The fraction of sp³-hybridized carbons (Fsp3) is 0.455. The van der Waals surface area contributed by atoms with Crippen molar-refractivity contribution in [3.05, 3.63) is 29.6 Å². The molecule has 1 atom stereocenters. The summed E-state index contributed by atoms with van der Waals surface area (Å²) < 4.78 is 18.7. The van der Waals surface area contributed by atoms with Crippen LogP contribution in [0.15, 0.2) is 18.2 Å². The molecule has 0 saturated carbocycles. The van der Waals surface area contributed by atoms with E-state index in [4.69, 9.17) is 9.84 Å². The molecule has 1 unspecified atom stereocenters. The molecule has 0 aliphatic heterocycles. The summed E-state index contributed by atoms with van der Waals surface area (Å²) in [6, 6.07) is 4.47. The molecule has 1 rings (SSSR count). The molecule has 2 N–H and O–H groups in total. The van der Waals surface area contributed by atoms with Crippen LogP contribution in [0.3, 0.4) is 0 Å². The molecule has 0 aliphatic carbocycles. The zero-order valence-electron chi connectivity index (χ0n) is 8.96. The normalized spacial score (nSPS) is 12.5. The van der Waals surface area contributed by atoms with Gasteiger partial charge in [0.05, 0.1) is 7.11 Å². The summed E-state index contributed by atoms with van der Waals surface area (Å²) in [6.45, 7) is 0.00297. The lowest BCUT2D eigenvalue weighted by Crippen LogP contribution is -2.19. The molecule has 1 aromatic rings. The summed E-state index contributed by atoms with van der Waals surface area (Å²) in [5, 5.41) is 11.8. The first-order valence-corrected chi connectivity index (χ1v) is 4.85. The van der Waals surface area contributed by atoms with Crippen molar-refractivity contribution in [2.24, 2.45) is 0 Å². The highest BCUT2D eigenvalue weighted by atomic mass is 19.1. The second-order valence-electron chi connectivity index (χ2n) is 3.21. The maximum Gasteiger partial charge on any atom is 0.131 e. The van der Waals surface area contributed by atoms with Crippen molar-refractivity contribution in [1.82, 2.24) is 5.32 Å². The van der Waals surface area contributed by atoms with E-state index in [0.29, 0.717) is 17.7 Å². The first kappa shape index (κ1) is 11.9. The molecule has 0 saturated heterocycles. The van der Waals surface area contributed by atoms with Gasteiger partial charge < -0.3 is 15.2 Å². The van der Waals surface area contributed by atoms with Crippen molar-refractivity contribution in [1.29, 1.82) is 0 Å². The van der Waals surface area contributed by atoms with E-state index >= 15 is 0 Å². The van der Waals surface area contributed by atoms with Crippen molar-refractivity contribution in [3.8, 4) is 5.75 Å². The fourth-order valence-corrected chi connectivity index (χ4v) is 1.60. The van der Waals surface area contributed by atoms with Gasteiger partial charge in [0.1, 0.15) is 11.6 Å². The van der Waals surface area contributed by atoms with E-state index in [0.717, 1.165) is 0 Å². The Kier molecular flexibility index (Phi) is 4.52. The molecule has 3 nitrogen and oxygen atoms in total. The van der Waals surface area contributed by atoms with Gasteiger partial charge in [0.15, 0.2) is 0 Å². The lowest BCUT2D eigenvalue weighted by molar-refractivity contribution is 0.265. The number of aliphatic hydroxyl groups is 1. The van der Waals surface area contributed by atoms with Crippen LogP contribution in [0.25, 0.3) is 0 Å². The Balaban J connectivity index is 3.08. The summed E-state index contributed by atoms with van der Waals surface area (Å²) in [7, 11) is 3.23. The highest BCUT2D eigenvalue weighted by molar-refractivity contribution is 5.37. The van der Waals surface area contributed by atoms with Gasteiger partial charge >= 0.3 is 0 Å². The van der Waals surface area contributed by atoms with Crippen molar-refractivity contribution in [2.45, 2.75) is 12.5 Å². The van der Waals surface area contributed by atoms with E-state index < -0.39 is 0 Å². The number of methoxy groups -OCH3 is 1. The Labute approximate surface area is 88.9 Å². The third-order valence-electron chi connectivity index (χ3n) is 2.35. The van der Waals surface area contributed by atoms with Crippen molar-refractivity contribution >= 4 is 0 Å². The Hall–Kier alpha value is -1.13. The minimum Gasteiger partial charge on any atom is -0.496 e. The molecular formula is C11H16FNO2. The highest BCUT2D eigenvalue weighted by Gasteiger charge is 2.18. The predicted molar refractivity (Wildman–Crippen MR) is 56.5 cm³/mol. The molecule has 1 aromatic carbocycles. The lowest BCUT2D eigenvalue weighted by Gasteiger charge is -2.18. The van der Waals surface area contributed by atoms with Gasteiger partial charge in [-0.15, -0.1) is 0 Å². The zero-order chi connectivity index (χ0) is 11.3. The quantitative estimate of drug-likeness (QED) is 0.778. The third kappa shape index (κ3) is 2.67. The van der Waals surface area contributed by atoms with E-state index in [2.05, 4.69) is 5.32 Å². The van der Waals surface area contributed by atoms with Crippen molar-refractivity contribution in [3.63, 3.8) is 0 Å². The molecule has 0 bridgehead atoms. The van der Waals surface area contributed by atoms with E-state index in [1.807, 2.05) is 0 Å².